The Balaban J connectivity index is 1.47. The minimum atomic E-state index is -3.84. The molecule has 0 saturated heterocycles. The molecule has 0 unspecified atom stereocenters. The minimum Gasteiger partial charge on any atom is -0.484 e. The van der Waals surface area contributed by atoms with E-state index in [2.05, 4.69) is 15.0 Å². The van der Waals surface area contributed by atoms with Crippen molar-refractivity contribution in [1.29, 1.82) is 0 Å². The summed E-state index contributed by atoms with van der Waals surface area (Å²) in [5.41, 5.74) is 0.252. The molecule has 1 amide bonds. The highest BCUT2D eigenvalue weighted by Crippen LogP contribution is 2.25. The molecule has 31 heavy (non-hydrogen) atoms. The van der Waals surface area contributed by atoms with E-state index >= 15 is 0 Å². The maximum Gasteiger partial charge on any atom is 0.261 e. The number of amides is 1. The van der Waals surface area contributed by atoms with Gasteiger partial charge in [-0.2, -0.15) is 0 Å². The average Bonchev–Trinajstić information content (AvgIpc) is 3.22. The van der Waals surface area contributed by atoms with Crippen molar-refractivity contribution in [1.82, 2.24) is 14.9 Å². The number of anilines is 1. The SMILES string of the molecule is O=C(COc1ccc(S(=O)(=O)Nc2cc(Cl)cc(Cl)c2)cc1)NCCCn1ccnc1. The van der Waals surface area contributed by atoms with Gasteiger partial charge < -0.3 is 14.6 Å². The molecule has 0 radical (unpaired) electrons. The highest BCUT2D eigenvalue weighted by Gasteiger charge is 2.15. The van der Waals surface area contributed by atoms with Gasteiger partial charge in [0.1, 0.15) is 5.75 Å². The monoisotopic (exact) mass is 482 g/mol. The molecular formula is C20H20Cl2N4O4S. The predicted octanol–water partition coefficient (Wildman–Crippen LogP) is 3.58. The summed E-state index contributed by atoms with van der Waals surface area (Å²) >= 11 is 11.8. The van der Waals surface area contributed by atoms with Gasteiger partial charge in [0, 0.05) is 35.5 Å². The maximum atomic E-state index is 12.5. The van der Waals surface area contributed by atoms with Gasteiger partial charge in [-0.15, -0.1) is 0 Å². The second kappa shape index (κ2) is 10.5. The van der Waals surface area contributed by atoms with Crippen molar-refractivity contribution in [2.24, 2.45) is 0 Å². The van der Waals surface area contributed by atoms with E-state index in [0.717, 1.165) is 13.0 Å². The largest absolute Gasteiger partial charge is 0.484 e. The van der Waals surface area contributed by atoms with Gasteiger partial charge in [-0.05, 0) is 48.9 Å². The number of carbonyl (C=O) groups excluding carboxylic acids is 1. The molecule has 0 saturated carbocycles. The van der Waals surface area contributed by atoms with Crippen molar-refractivity contribution in [2.75, 3.05) is 17.9 Å². The molecule has 8 nitrogen and oxygen atoms in total. The van der Waals surface area contributed by atoms with Crippen molar-refractivity contribution in [3.8, 4) is 5.75 Å². The van der Waals surface area contributed by atoms with Crippen LogP contribution in [0.5, 0.6) is 5.75 Å². The zero-order chi connectivity index (χ0) is 22.3. The molecular weight excluding hydrogens is 463 g/mol. The number of nitrogens with one attached hydrogen (secondary N) is 2. The molecule has 3 aromatic rings. The molecule has 0 bridgehead atoms. The number of aromatic nitrogens is 2. The Bertz CT molecular complexity index is 1100. The lowest BCUT2D eigenvalue weighted by Crippen LogP contribution is -2.30. The Morgan fingerprint density at radius 2 is 1.81 bits per heavy atom. The van der Waals surface area contributed by atoms with Gasteiger partial charge in [-0.1, -0.05) is 23.2 Å². The number of sulfonamides is 1. The fraction of sp³-hybridized carbons (Fsp3) is 0.200. The summed E-state index contributed by atoms with van der Waals surface area (Å²) in [6.07, 6.45) is 6.04. The second-order valence-corrected chi connectivity index (χ2v) is 9.08. The Hall–Kier alpha value is -2.75. The summed E-state index contributed by atoms with van der Waals surface area (Å²) in [5.74, 6) is 0.111. The van der Waals surface area contributed by atoms with Gasteiger partial charge in [0.2, 0.25) is 0 Å². The molecule has 0 atom stereocenters. The van der Waals surface area contributed by atoms with E-state index in [1.165, 1.54) is 42.5 Å². The Kier molecular flexibility index (Phi) is 7.78. The van der Waals surface area contributed by atoms with Crippen LogP contribution in [0, 0.1) is 0 Å². The van der Waals surface area contributed by atoms with Crippen LogP contribution in [0.4, 0.5) is 5.69 Å². The van der Waals surface area contributed by atoms with Crippen LogP contribution in [0.3, 0.4) is 0 Å². The predicted molar refractivity (Wildman–Crippen MR) is 119 cm³/mol. The smallest absolute Gasteiger partial charge is 0.261 e. The zero-order valence-electron chi connectivity index (χ0n) is 16.3. The number of aryl methyl sites for hydroxylation is 1. The van der Waals surface area contributed by atoms with E-state index in [0.29, 0.717) is 22.3 Å². The first-order valence-corrected chi connectivity index (χ1v) is 11.5. The van der Waals surface area contributed by atoms with Gasteiger partial charge in [-0.3, -0.25) is 9.52 Å². The van der Waals surface area contributed by atoms with E-state index in [9.17, 15) is 13.2 Å². The summed E-state index contributed by atoms with van der Waals surface area (Å²) in [4.78, 5) is 15.9. The molecule has 3 rings (SSSR count). The quantitative estimate of drug-likeness (QED) is 0.430. The van der Waals surface area contributed by atoms with Crippen molar-refractivity contribution in [2.45, 2.75) is 17.9 Å². The highest BCUT2D eigenvalue weighted by molar-refractivity contribution is 7.92. The first-order chi connectivity index (χ1) is 14.8. The number of benzene rings is 2. The van der Waals surface area contributed by atoms with Gasteiger partial charge in [0.15, 0.2) is 6.61 Å². The second-order valence-electron chi connectivity index (χ2n) is 6.53. The number of nitrogens with zero attached hydrogens (tertiary/aromatic N) is 2. The molecule has 2 N–H and O–H groups in total. The average molecular weight is 483 g/mol. The maximum absolute atomic E-state index is 12.5. The van der Waals surface area contributed by atoms with Crippen LogP contribution in [-0.2, 0) is 21.4 Å². The summed E-state index contributed by atoms with van der Waals surface area (Å²) in [6.45, 7) is 1.10. The molecule has 0 aliphatic heterocycles. The summed E-state index contributed by atoms with van der Waals surface area (Å²) in [7, 11) is -3.84. The van der Waals surface area contributed by atoms with Crippen LogP contribution in [0.2, 0.25) is 10.0 Å². The molecule has 2 aromatic carbocycles. The minimum absolute atomic E-state index is 0.0277. The van der Waals surface area contributed by atoms with Gasteiger partial charge >= 0.3 is 0 Å². The van der Waals surface area contributed by atoms with Gasteiger partial charge in [0.05, 0.1) is 16.9 Å². The van der Waals surface area contributed by atoms with Crippen molar-refractivity contribution < 1.29 is 17.9 Å². The van der Waals surface area contributed by atoms with Crippen molar-refractivity contribution in [3.63, 3.8) is 0 Å². The van der Waals surface area contributed by atoms with Crippen LogP contribution in [0.25, 0.3) is 0 Å². The van der Waals surface area contributed by atoms with E-state index in [-0.39, 0.29) is 23.1 Å². The molecule has 0 aliphatic rings. The fourth-order valence-electron chi connectivity index (χ4n) is 2.65. The Labute approximate surface area is 190 Å². The zero-order valence-corrected chi connectivity index (χ0v) is 18.6. The number of halogens is 2. The molecule has 1 heterocycles. The Morgan fingerprint density at radius 1 is 1.10 bits per heavy atom. The van der Waals surface area contributed by atoms with Crippen LogP contribution < -0.4 is 14.8 Å². The summed E-state index contributed by atoms with van der Waals surface area (Å²) < 4.78 is 34.8. The topological polar surface area (TPSA) is 102 Å². The number of hydrogen-bond acceptors (Lipinski definition) is 5. The fourth-order valence-corrected chi connectivity index (χ4v) is 4.22. The van der Waals surface area contributed by atoms with Crippen molar-refractivity contribution >= 4 is 44.8 Å². The molecule has 0 fully saturated rings. The molecule has 0 spiro atoms. The first kappa shape index (κ1) is 22.9. The third kappa shape index (κ3) is 7.16. The molecule has 164 valence electrons. The third-order valence-corrected chi connectivity index (χ3v) is 5.93. The molecule has 11 heteroatoms. The third-order valence-electron chi connectivity index (χ3n) is 4.09. The molecule has 0 aliphatic carbocycles. The van der Waals surface area contributed by atoms with E-state index < -0.39 is 10.0 Å². The number of hydrogen-bond donors (Lipinski definition) is 2. The summed E-state index contributed by atoms with van der Waals surface area (Å²) in [6, 6.07) is 10.1. The molecule has 1 aromatic heterocycles. The van der Waals surface area contributed by atoms with Crippen LogP contribution in [0.1, 0.15) is 6.42 Å². The van der Waals surface area contributed by atoms with Crippen LogP contribution in [-0.4, -0.2) is 37.0 Å². The number of imidazole rings is 1. The Morgan fingerprint density at radius 3 is 2.45 bits per heavy atom. The standard InChI is InChI=1S/C20H20Cl2N4O4S/c21-15-10-16(22)12-17(11-15)25-31(28,29)19-4-2-18(3-5-19)30-13-20(27)24-6-1-8-26-9-7-23-14-26/h2-5,7,9-12,14,25H,1,6,8,13H2,(H,24,27). The lowest BCUT2D eigenvalue weighted by atomic mass is 10.3. The summed E-state index contributed by atoms with van der Waals surface area (Å²) in [5, 5.41) is 3.39. The van der Waals surface area contributed by atoms with Gasteiger partial charge in [-0.25, -0.2) is 13.4 Å². The number of carbonyl (C=O) groups is 1. The van der Waals surface area contributed by atoms with Crippen LogP contribution >= 0.6 is 23.2 Å². The lowest BCUT2D eigenvalue weighted by molar-refractivity contribution is -0.123. The first-order valence-electron chi connectivity index (χ1n) is 9.26. The highest BCUT2D eigenvalue weighted by atomic mass is 35.5. The van der Waals surface area contributed by atoms with Crippen LogP contribution in [0.15, 0.2) is 66.1 Å². The van der Waals surface area contributed by atoms with Gasteiger partial charge in [0.25, 0.3) is 15.9 Å². The van der Waals surface area contributed by atoms with E-state index in [1.807, 2.05) is 10.8 Å². The number of rotatable bonds is 10. The van der Waals surface area contributed by atoms with Crippen molar-refractivity contribution in [3.05, 3.63) is 71.2 Å². The van der Waals surface area contributed by atoms with E-state index in [4.69, 9.17) is 27.9 Å². The normalized spacial score (nSPS) is 11.2. The van der Waals surface area contributed by atoms with E-state index in [1.54, 1.807) is 12.5 Å². The number of ether oxygens (including phenoxy) is 1. The lowest BCUT2D eigenvalue weighted by Gasteiger charge is -2.10.